The van der Waals surface area contributed by atoms with Gasteiger partial charge in [0.05, 0.1) is 11.2 Å². The molecule has 7 nitrogen and oxygen atoms in total. The van der Waals surface area contributed by atoms with Crippen LogP contribution in [-0.4, -0.2) is 24.5 Å². The van der Waals surface area contributed by atoms with Crippen LogP contribution in [0.1, 0.15) is 5.56 Å². The summed E-state index contributed by atoms with van der Waals surface area (Å²) >= 11 is 1.43. The lowest BCUT2D eigenvalue weighted by molar-refractivity contribution is 1.09. The second kappa shape index (κ2) is 5.65. The second-order valence-electron chi connectivity index (χ2n) is 5.02. The summed E-state index contributed by atoms with van der Waals surface area (Å²) in [4.78, 5) is 8.65. The Hall–Kier alpha value is -3.00. The van der Waals surface area contributed by atoms with Crippen molar-refractivity contribution in [3.63, 3.8) is 0 Å². The van der Waals surface area contributed by atoms with Crippen LogP contribution in [0.5, 0.6) is 0 Å². The molecule has 23 heavy (non-hydrogen) atoms. The highest BCUT2D eigenvalue weighted by Gasteiger charge is 2.09. The second-order valence-corrected chi connectivity index (χ2v) is 5.68. The van der Waals surface area contributed by atoms with Crippen LogP contribution in [0.15, 0.2) is 42.0 Å². The van der Waals surface area contributed by atoms with Crippen LogP contribution in [0.4, 0.5) is 11.8 Å². The summed E-state index contributed by atoms with van der Waals surface area (Å²) in [6.07, 6.45) is 3.55. The maximum absolute atomic E-state index is 5.85. The van der Waals surface area contributed by atoms with Gasteiger partial charge in [0.2, 0.25) is 5.95 Å². The van der Waals surface area contributed by atoms with E-state index in [1.54, 1.807) is 6.20 Å². The smallest absolute Gasteiger partial charge is 0.222 e. The van der Waals surface area contributed by atoms with Crippen LogP contribution in [0.25, 0.3) is 22.2 Å². The van der Waals surface area contributed by atoms with Gasteiger partial charge < -0.3 is 11.1 Å². The Morgan fingerprint density at radius 2 is 2.17 bits per heavy atom. The van der Waals surface area contributed by atoms with Crippen molar-refractivity contribution >= 4 is 34.2 Å². The Bertz CT molecular complexity index is 932. The zero-order valence-corrected chi connectivity index (χ0v) is 12.8. The first kappa shape index (κ1) is 13.6. The molecule has 4 rings (SSSR count). The van der Waals surface area contributed by atoms with Crippen LogP contribution in [0, 0.1) is 0 Å². The fraction of sp³-hybridized carbons (Fsp3) is 0.0667. The summed E-state index contributed by atoms with van der Waals surface area (Å²) in [5.41, 5.74) is 9.68. The molecule has 0 bridgehead atoms. The molecule has 0 spiro atoms. The van der Waals surface area contributed by atoms with E-state index in [-0.39, 0.29) is 5.95 Å². The van der Waals surface area contributed by atoms with Gasteiger partial charge in [0.15, 0.2) is 0 Å². The molecule has 114 valence electrons. The van der Waals surface area contributed by atoms with Crippen molar-refractivity contribution in [2.75, 3.05) is 11.1 Å². The van der Waals surface area contributed by atoms with E-state index in [2.05, 4.69) is 29.9 Å². The third-order valence-corrected chi connectivity index (χ3v) is 4.10. The molecule has 0 aliphatic heterocycles. The first-order valence-corrected chi connectivity index (χ1v) is 7.82. The number of aromatic nitrogens is 5. The van der Waals surface area contributed by atoms with Crippen molar-refractivity contribution in [1.29, 1.82) is 0 Å². The molecule has 0 fully saturated rings. The summed E-state index contributed by atoms with van der Waals surface area (Å²) in [6, 6.07) is 7.87. The minimum atomic E-state index is 0.241. The van der Waals surface area contributed by atoms with Gasteiger partial charge in [-0.25, -0.2) is 9.36 Å². The number of H-pyrrole nitrogens is 1. The topological polar surface area (TPSA) is 105 Å². The van der Waals surface area contributed by atoms with Gasteiger partial charge in [0, 0.05) is 40.8 Å². The number of hydrogen-bond donors (Lipinski definition) is 3. The first-order valence-electron chi connectivity index (χ1n) is 6.99. The molecule has 0 saturated heterocycles. The maximum atomic E-state index is 5.85. The zero-order valence-electron chi connectivity index (χ0n) is 12.0. The Morgan fingerprint density at radius 1 is 1.22 bits per heavy atom. The van der Waals surface area contributed by atoms with Crippen LogP contribution in [0.2, 0.25) is 0 Å². The maximum Gasteiger partial charge on any atom is 0.222 e. The summed E-state index contributed by atoms with van der Waals surface area (Å²) in [5, 5.41) is 13.1. The van der Waals surface area contributed by atoms with Crippen LogP contribution >= 0.6 is 11.5 Å². The van der Waals surface area contributed by atoms with Gasteiger partial charge in [-0.15, -0.1) is 0 Å². The summed E-state index contributed by atoms with van der Waals surface area (Å²) in [7, 11) is 0. The van der Waals surface area contributed by atoms with Crippen LogP contribution in [-0.2, 0) is 6.54 Å². The fourth-order valence-corrected chi connectivity index (χ4v) is 2.90. The molecule has 0 aliphatic carbocycles. The Morgan fingerprint density at radius 3 is 2.96 bits per heavy atom. The SMILES string of the molecule is Nc1nc(NCc2cnsc2)c2ccc(-c3ccn[nH]3)cc2n1. The summed E-state index contributed by atoms with van der Waals surface area (Å²) < 4.78 is 4.09. The van der Waals surface area contributed by atoms with Gasteiger partial charge in [0.1, 0.15) is 5.82 Å². The highest BCUT2D eigenvalue weighted by Crippen LogP contribution is 2.26. The predicted molar refractivity (Wildman–Crippen MR) is 91.0 cm³/mol. The van der Waals surface area contributed by atoms with Crippen molar-refractivity contribution in [2.45, 2.75) is 6.54 Å². The highest BCUT2D eigenvalue weighted by atomic mass is 32.1. The molecular weight excluding hydrogens is 310 g/mol. The number of anilines is 2. The molecule has 0 aliphatic rings. The third kappa shape index (κ3) is 2.71. The van der Waals surface area contributed by atoms with Crippen molar-refractivity contribution in [3.05, 3.63) is 47.6 Å². The van der Waals surface area contributed by atoms with Crippen molar-refractivity contribution in [3.8, 4) is 11.3 Å². The molecule has 0 atom stereocenters. The number of nitrogens with two attached hydrogens (primary N) is 1. The molecule has 3 heterocycles. The molecule has 0 radical (unpaired) electrons. The highest BCUT2D eigenvalue weighted by molar-refractivity contribution is 7.03. The lowest BCUT2D eigenvalue weighted by atomic mass is 10.1. The Kier molecular flexibility index (Phi) is 3.35. The average Bonchev–Trinajstić information content (AvgIpc) is 3.25. The summed E-state index contributed by atoms with van der Waals surface area (Å²) in [6.45, 7) is 0.643. The number of nitrogen functional groups attached to an aromatic ring is 1. The molecule has 0 amide bonds. The number of fused-ring (bicyclic) bond motifs is 1. The molecule has 0 unspecified atom stereocenters. The lowest BCUT2D eigenvalue weighted by Crippen LogP contribution is -2.05. The minimum Gasteiger partial charge on any atom is -0.368 e. The monoisotopic (exact) mass is 323 g/mol. The van der Waals surface area contributed by atoms with E-state index in [0.717, 1.165) is 33.5 Å². The van der Waals surface area contributed by atoms with E-state index in [0.29, 0.717) is 6.54 Å². The minimum absolute atomic E-state index is 0.241. The van der Waals surface area contributed by atoms with Gasteiger partial charge in [-0.1, -0.05) is 6.07 Å². The van der Waals surface area contributed by atoms with E-state index < -0.39 is 0 Å². The van der Waals surface area contributed by atoms with Gasteiger partial charge in [0.25, 0.3) is 0 Å². The molecule has 1 aromatic carbocycles. The van der Waals surface area contributed by atoms with E-state index in [1.165, 1.54) is 11.5 Å². The van der Waals surface area contributed by atoms with E-state index in [1.807, 2.05) is 35.8 Å². The molecule has 0 saturated carbocycles. The fourth-order valence-electron chi connectivity index (χ4n) is 2.37. The lowest BCUT2D eigenvalue weighted by Gasteiger charge is -2.09. The van der Waals surface area contributed by atoms with E-state index >= 15 is 0 Å². The van der Waals surface area contributed by atoms with Crippen molar-refractivity contribution in [1.82, 2.24) is 24.5 Å². The van der Waals surface area contributed by atoms with E-state index in [9.17, 15) is 0 Å². The number of rotatable bonds is 4. The average molecular weight is 323 g/mol. The number of hydrogen-bond acceptors (Lipinski definition) is 7. The standard InChI is InChI=1S/C15H13N7S/c16-15-20-13-5-10(12-3-4-18-22-12)1-2-11(13)14(21-15)17-6-9-7-19-23-8-9/h1-5,7-8H,6H2,(H,18,22)(H3,16,17,20,21). The quantitative estimate of drug-likeness (QED) is 0.533. The Labute approximate surface area is 135 Å². The largest absolute Gasteiger partial charge is 0.368 e. The number of benzene rings is 1. The molecule has 3 aromatic heterocycles. The number of nitrogens with one attached hydrogen (secondary N) is 2. The van der Waals surface area contributed by atoms with Gasteiger partial charge >= 0.3 is 0 Å². The number of nitrogens with zero attached hydrogens (tertiary/aromatic N) is 4. The molecular formula is C15H13N7S. The molecule has 4 N–H and O–H groups in total. The van der Waals surface area contributed by atoms with Crippen molar-refractivity contribution < 1.29 is 0 Å². The van der Waals surface area contributed by atoms with E-state index in [4.69, 9.17) is 5.73 Å². The normalized spacial score (nSPS) is 11.0. The van der Waals surface area contributed by atoms with Gasteiger partial charge in [-0.2, -0.15) is 10.1 Å². The molecule has 8 heteroatoms. The first-order chi connectivity index (χ1) is 11.3. The van der Waals surface area contributed by atoms with Gasteiger partial charge in [-0.05, 0) is 29.7 Å². The number of aromatic amines is 1. The van der Waals surface area contributed by atoms with Crippen molar-refractivity contribution in [2.24, 2.45) is 0 Å². The predicted octanol–water partition coefficient (Wildman–Crippen LogP) is 2.67. The van der Waals surface area contributed by atoms with Gasteiger partial charge in [-0.3, -0.25) is 5.10 Å². The third-order valence-electron chi connectivity index (χ3n) is 3.47. The van der Waals surface area contributed by atoms with Crippen LogP contribution in [0.3, 0.4) is 0 Å². The zero-order chi connectivity index (χ0) is 15.6. The Balaban J connectivity index is 1.73. The summed E-state index contributed by atoms with van der Waals surface area (Å²) in [5.74, 6) is 0.958. The molecule has 4 aromatic rings. The van der Waals surface area contributed by atoms with Crippen LogP contribution < -0.4 is 11.1 Å².